The highest BCUT2D eigenvalue weighted by molar-refractivity contribution is 6.34. The molecule has 87 heavy (non-hydrogen) atoms. The highest BCUT2D eigenvalue weighted by atomic mass is 35.5. The first-order valence-corrected chi connectivity index (χ1v) is 31.6. The molecule has 20 heteroatoms. The first-order valence-electron chi connectivity index (χ1n) is 30.1. The largest absolute Gasteiger partial charge is 0.398 e. The van der Waals surface area contributed by atoms with Gasteiger partial charge in [-0.05, 0) is 183 Å². The summed E-state index contributed by atoms with van der Waals surface area (Å²) >= 11 is 27.0. The van der Waals surface area contributed by atoms with Crippen molar-refractivity contribution in [1.82, 2.24) is 14.7 Å². The fraction of sp³-hybridized carbons (Fsp3) is 0.418. The lowest BCUT2D eigenvalue weighted by molar-refractivity contribution is -0.130. The van der Waals surface area contributed by atoms with Crippen LogP contribution in [0.2, 0.25) is 20.1 Å². The highest BCUT2D eigenvalue weighted by Gasteiger charge is 2.41. The quantitative estimate of drug-likeness (QED) is 0.0376. The molecule has 3 heterocycles. The summed E-state index contributed by atoms with van der Waals surface area (Å²) in [6, 6.07) is 23.6. The number of benzene rings is 6. The fourth-order valence-corrected chi connectivity index (χ4v) is 14.0. The fourth-order valence-electron chi connectivity index (χ4n) is 13.2. The molecule has 0 spiro atoms. The molecule has 0 aromatic heterocycles. The molecule has 0 radical (unpaired) electrons. The summed E-state index contributed by atoms with van der Waals surface area (Å²) in [5.41, 5.74) is 25.2. The second kappa shape index (κ2) is 28.3. The molecular formula is C67H77Cl4F4N9O3. The number of nitrogens with zero attached hydrogens (tertiary/aromatic N) is 6. The predicted octanol–water partition coefficient (Wildman–Crippen LogP) is 14.7. The number of aryl methyl sites for hydroxylation is 2. The number of hydrogen-bond acceptors (Lipinski definition) is 9. The Balaban J connectivity index is 0.909. The van der Waals surface area contributed by atoms with Gasteiger partial charge < -0.3 is 46.6 Å². The molecule has 3 fully saturated rings. The van der Waals surface area contributed by atoms with Gasteiger partial charge in [0, 0.05) is 104 Å². The maximum atomic E-state index is 16.1. The molecule has 3 saturated heterocycles. The van der Waals surface area contributed by atoms with E-state index in [-0.39, 0.29) is 92.4 Å². The van der Waals surface area contributed by atoms with Crippen molar-refractivity contribution in [3.05, 3.63) is 174 Å². The zero-order valence-electron chi connectivity index (χ0n) is 49.9. The monoisotopic (exact) mass is 1270 g/mol. The smallest absolute Gasteiger partial charge is 0.225 e. The van der Waals surface area contributed by atoms with Crippen LogP contribution in [0, 0.1) is 30.2 Å². The van der Waals surface area contributed by atoms with Crippen LogP contribution in [0.4, 0.5) is 51.7 Å². The van der Waals surface area contributed by atoms with E-state index in [1.807, 2.05) is 52.5 Å². The number of halogens is 8. The Hall–Kier alpha value is -6.59. The van der Waals surface area contributed by atoms with Gasteiger partial charge in [0.1, 0.15) is 23.3 Å². The second-order valence-corrected chi connectivity index (χ2v) is 25.1. The summed E-state index contributed by atoms with van der Waals surface area (Å²) in [7, 11) is 0. The van der Waals surface area contributed by atoms with E-state index in [1.165, 1.54) is 24.3 Å². The van der Waals surface area contributed by atoms with Crippen molar-refractivity contribution >= 4 is 98.2 Å². The molecule has 6 N–H and O–H groups in total. The number of nitrogens with two attached hydrogens (primary N) is 3. The minimum absolute atomic E-state index is 0.0225. The minimum Gasteiger partial charge on any atom is -0.398 e. The third-order valence-corrected chi connectivity index (χ3v) is 19.7. The lowest BCUT2D eigenvalue weighted by atomic mass is 9.95. The van der Waals surface area contributed by atoms with E-state index in [0.29, 0.717) is 123 Å². The van der Waals surface area contributed by atoms with Crippen LogP contribution < -0.4 is 31.9 Å². The van der Waals surface area contributed by atoms with Crippen LogP contribution >= 0.6 is 46.4 Å². The molecule has 6 aromatic carbocycles. The average Bonchev–Trinajstić information content (AvgIpc) is 2.89. The number of hydrogen-bond donors (Lipinski definition) is 3. The zero-order valence-corrected chi connectivity index (χ0v) is 52.9. The van der Waals surface area contributed by atoms with Crippen LogP contribution in [0.1, 0.15) is 119 Å². The number of carbonyl (C=O) groups is 3. The normalized spacial score (nSPS) is 17.7. The third kappa shape index (κ3) is 14.8. The molecule has 3 amide bonds. The van der Waals surface area contributed by atoms with Crippen molar-refractivity contribution in [3.8, 4) is 0 Å². The Bertz CT molecular complexity index is 3500. The second-order valence-electron chi connectivity index (χ2n) is 23.5. The van der Waals surface area contributed by atoms with Crippen LogP contribution in [-0.2, 0) is 46.9 Å². The lowest BCUT2D eigenvalue weighted by Gasteiger charge is -2.34. The summed E-state index contributed by atoms with van der Waals surface area (Å²) in [5, 5.41) is 1.40. The molecule has 3 aliphatic rings. The first kappa shape index (κ1) is 64.9. The number of anilines is 6. The molecule has 5 atom stereocenters. The maximum Gasteiger partial charge on any atom is 0.225 e. The van der Waals surface area contributed by atoms with E-state index in [4.69, 9.17) is 63.6 Å². The van der Waals surface area contributed by atoms with Gasteiger partial charge in [0.15, 0.2) is 0 Å². The third-order valence-electron chi connectivity index (χ3n) is 18.2. The Kier molecular flexibility index (Phi) is 21.1. The minimum atomic E-state index is -0.583. The molecule has 4 unspecified atom stereocenters. The molecule has 0 bridgehead atoms. The molecule has 6 aromatic rings. The average molecular weight is 1270 g/mol. The molecule has 0 saturated carbocycles. The van der Waals surface area contributed by atoms with Crippen molar-refractivity contribution in [2.75, 3.05) is 51.5 Å². The van der Waals surface area contributed by atoms with E-state index < -0.39 is 29.3 Å². The van der Waals surface area contributed by atoms with Crippen molar-refractivity contribution in [1.29, 1.82) is 0 Å². The summed E-state index contributed by atoms with van der Waals surface area (Å²) < 4.78 is 61.6. The Morgan fingerprint density at radius 1 is 0.460 bits per heavy atom. The van der Waals surface area contributed by atoms with E-state index in [9.17, 15) is 18.8 Å². The maximum absolute atomic E-state index is 16.1. The van der Waals surface area contributed by atoms with Crippen LogP contribution in [0.3, 0.4) is 0 Å². The number of rotatable bonds is 25. The van der Waals surface area contributed by atoms with Crippen molar-refractivity contribution in [2.45, 2.75) is 161 Å². The summed E-state index contributed by atoms with van der Waals surface area (Å²) in [6.07, 6.45) is 5.26. The Morgan fingerprint density at radius 3 is 1.24 bits per heavy atom. The molecular weight excluding hydrogens is 1200 g/mol. The van der Waals surface area contributed by atoms with Crippen LogP contribution in [0.15, 0.2) is 97.1 Å². The number of carbonyl (C=O) groups excluding carboxylic acids is 3. The van der Waals surface area contributed by atoms with Crippen molar-refractivity contribution in [2.24, 2.45) is 0 Å². The van der Waals surface area contributed by atoms with E-state index in [0.717, 1.165) is 47.9 Å². The molecule has 0 aliphatic carbocycles. The van der Waals surface area contributed by atoms with Gasteiger partial charge in [-0.3, -0.25) is 14.4 Å². The highest BCUT2D eigenvalue weighted by Crippen LogP contribution is 2.38. The molecule has 3 aliphatic heterocycles. The van der Waals surface area contributed by atoms with Crippen molar-refractivity contribution in [3.63, 3.8) is 0 Å². The van der Waals surface area contributed by atoms with Gasteiger partial charge in [0.25, 0.3) is 0 Å². The number of likely N-dealkylation sites (tertiary alicyclic amines) is 3. The van der Waals surface area contributed by atoms with Crippen LogP contribution in [0.25, 0.3) is 0 Å². The van der Waals surface area contributed by atoms with Crippen molar-refractivity contribution < 1.29 is 31.9 Å². The van der Waals surface area contributed by atoms with Crippen LogP contribution in [-0.4, -0.2) is 88.3 Å². The van der Waals surface area contributed by atoms with Gasteiger partial charge in [-0.25, -0.2) is 17.6 Å². The SMILES string of the molecule is CCC(CCc1cc(F)cc(CN(c2ccc(N)c(Cl)c2)C2CC(=O)N(C(CC)CC)C2)c1Cl)N1CC(N(Cc2cc(F)cc(CCC(CC)N3C[C@@H](N(Cc4cc(F)ccc4F)c4ccc(N)c(Cl)c4)CC3=O)c2C)c2ccc(N)c(Cl)c2)CC1=O. The van der Waals surface area contributed by atoms with Gasteiger partial charge in [-0.1, -0.05) is 74.1 Å². The molecule has 464 valence electrons. The Morgan fingerprint density at radius 2 is 0.816 bits per heavy atom. The summed E-state index contributed by atoms with van der Waals surface area (Å²) in [4.78, 5) is 53.6. The first-order chi connectivity index (χ1) is 41.6. The zero-order chi connectivity index (χ0) is 62.5. The van der Waals surface area contributed by atoms with Gasteiger partial charge in [-0.15, -0.1) is 0 Å². The van der Waals surface area contributed by atoms with Gasteiger partial charge in [0.05, 0.1) is 50.3 Å². The number of amides is 3. The predicted molar refractivity (Wildman–Crippen MR) is 345 cm³/mol. The topological polar surface area (TPSA) is 149 Å². The van der Waals surface area contributed by atoms with Gasteiger partial charge >= 0.3 is 0 Å². The summed E-state index contributed by atoms with van der Waals surface area (Å²) in [6.45, 7) is 11.7. The molecule has 9 rings (SSSR count). The number of nitrogen functional groups attached to an aromatic ring is 3. The van der Waals surface area contributed by atoms with Crippen LogP contribution in [0.5, 0.6) is 0 Å². The standard InChI is InChI=1S/C67H77Cl4F4N9O3/c1-6-48(7-2)82-36-54(30-64(82)85)81(53-17-21-63(78)59(70)29-53)35-44-26-47(74)23-41(67(44)71)11-14-50(9-4)84-37-55(31-65(84)86)79(51-15-19-61(76)57(68)27-51)33-42-24-46(73)22-40(39(42)5)10-13-49(8-3)83-38-56(32-66(83)87)80(52-16-20-62(77)58(69)28-52)34-43-25-45(72)12-18-60(43)75/h12,15-29,48-50,54-56H,6-11,13-14,30-38,76-78H2,1-5H3/t49?,50?,54?,55?,56-/m0/s1. The van der Waals surface area contributed by atoms with E-state index in [2.05, 4.69) is 23.6 Å². The summed E-state index contributed by atoms with van der Waals surface area (Å²) in [5.74, 6) is -2.13. The Labute approximate surface area is 528 Å². The molecule has 12 nitrogen and oxygen atoms in total. The van der Waals surface area contributed by atoms with E-state index >= 15 is 13.2 Å². The lowest BCUT2D eigenvalue weighted by Crippen LogP contribution is -2.41. The van der Waals surface area contributed by atoms with Gasteiger partial charge in [0.2, 0.25) is 17.7 Å². The van der Waals surface area contributed by atoms with Gasteiger partial charge in [-0.2, -0.15) is 0 Å². The van der Waals surface area contributed by atoms with E-state index in [1.54, 1.807) is 42.5 Å².